The Morgan fingerprint density at radius 1 is 1.50 bits per heavy atom. The molecule has 0 amide bonds. The smallest absolute Gasteiger partial charge is 0.181 e. The van der Waals surface area contributed by atoms with Crippen LogP contribution in [0.25, 0.3) is 11.3 Å². The molecule has 0 fully saturated rings. The van der Waals surface area contributed by atoms with Gasteiger partial charge in [0.1, 0.15) is 11.5 Å². The van der Waals surface area contributed by atoms with Crippen molar-refractivity contribution in [1.29, 1.82) is 0 Å². The number of nitrogens with zero attached hydrogens (tertiary/aromatic N) is 1. The topological polar surface area (TPSA) is 38.1 Å². The molecule has 1 aromatic carbocycles. The molecule has 3 nitrogen and oxygen atoms in total. The minimum Gasteiger partial charge on any atom is -0.443 e. The van der Waals surface area contributed by atoms with E-state index >= 15 is 0 Å². The van der Waals surface area contributed by atoms with Crippen molar-refractivity contribution in [3.63, 3.8) is 0 Å². The zero-order valence-corrected chi connectivity index (χ0v) is 9.38. The van der Waals surface area contributed by atoms with Gasteiger partial charge in [-0.25, -0.2) is 9.37 Å². The third kappa shape index (κ3) is 2.08. The molecule has 0 aliphatic rings. The van der Waals surface area contributed by atoms with Gasteiger partial charge < -0.3 is 9.73 Å². The highest BCUT2D eigenvalue weighted by molar-refractivity contribution is 6.30. The van der Waals surface area contributed by atoms with Crippen LogP contribution >= 0.6 is 11.6 Å². The third-order valence-corrected chi connectivity index (χ3v) is 2.39. The van der Waals surface area contributed by atoms with Gasteiger partial charge in [-0.1, -0.05) is 11.6 Å². The second-order valence-corrected chi connectivity index (χ2v) is 3.72. The predicted molar refractivity (Wildman–Crippen MR) is 59.7 cm³/mol. The maximum absolute atomic E-state index is 13.6. The summed E-state index contributed by atoms with van der Waals surface area (Å²) < 4.78 is 18.8. The highest BCUT2D eigenvalue weighted by Crippen LogP contribution is 2.28. The Balaban J connectivity index is 2.49. The van der Waals surface area contributed by atoms with E-state index in [2.05, 4.69) is 10.3 Å². The lowest BCUT2D eigenvalue weighted by atomic mass is 10.1. The van der Waals surface area contributed by atoms with E-state index in [0.717, 1.165) is 0 Å². The molecule has 0 radical (unpaired) electrons. The summed E-state index contributed by atoms with van der Waals surface area (Å²) in [6, 6.07) is 4.33. The first-order valence-corrected chi connectivity index (χ1v) is 5.12. The quantitative estimate of drug-likeness (QED) is 0.897. The van der Waals surface area contributed by atoms with Crippen LogP contribution in [0.4, 0.5) is 4.39 Å². The molecule has 0 atom stereocenters. The maximum Gasteiger partial charge on any atom is 0.181 e. The van der Waals surface area contributed by atoms with E-state index in [1.165, 1.54) is 24.6 Å². The molecular formula is C11H10ClFN2O. The molecule has 0 aliphatic heterocycles. The van der Waals surface area contributed by atoms with Crippen LogP contribution in [-0.4, -0.2) is 12.0 Å². The first-order valence-electron chi connectivity index (χ1n) is 4.74. The van der Waals surface area contributed by atoms with Gasteiger partial charge in [-0.2, -0.15) is 0 Å². The zero-order chi connectivity index (χ0) is 11.5. The van der Waals surface area contributed by atoms with E-state index in [1.54, 1.807) is 7.05 Å². The van der Waals surface area contributed by atoms with E-state index in [-0.39, 0.29) is 5.82 Å². The van der Waals surface area contributed by atoms with Gasteiger partial charge in [0.2, 0.25) is 0 Å². The van der Waals surface area contributed by atoms with Crippen LogP contribution in [0.3, 0.4) is 0 Å². The van der Waals surface area contributed by atoms with Gasteiger partial charge in [-0.15, -0.1) is 0 Å². The van der Waals surface area contributed by atoms with Gasteiger partial charge >= 0.3 is 0 Å². The van der Waals surface area contributed by atoms with Crippen molar-refractivity contribution in [2.24, 2.45) is 0 Å². The van der Waals surface area contributed by atoms with Crippen molar-refractivity contribution in [2.75, 3.05) is 7.05 Å². The second kappa shape index (κ2) is 4.63. The van der Waals surface area contributed by atoms with Crippen LogP contribution in [0.2, 0.25) is 5.02 Å². The van der Waals surface area contributed by atoms with Crippen LogP contribution in [0.5, 0.6) is 0 Å². The van der Waals surface area contributed by atoms with E-state index in [4.69, 9.17) is 16.0 Å². The molecule has 1 heterocycles. The van der Waals surface area contributed by atoms with Crippen LogP contribution in [0, 0.1) is 5.82 Å². The Hall–Kier alpha value is -1.39. The first kappa shape index (κ1) is 11.1. The fourth-order valence-corrected chi connectivity index (χ4v) is 1.63. The molecule has 2 aromatic rings. The SMILES string of the molecule is CNCc1ncoc1-c1cc(Cl)ccc1F. The van der Waals surface area contributed by atoms with Gasteiger partial charge in [0, 0.05) is 11.6 Å². The minimum absolute atomic E-state index is 0.329. The summed E-state index contributed by atoms with van der Waals surface area (Å²) in [4.78, 5) is 4.01. The van der Waals surface area contributed by atoms with Crippen LogP contribution in [0.15, 0.2) is 29.0 Å². The monoisotopic (exact) mass is 240 g/mol. The molecule has 1 N–H and O–H groups in total. The summed E-state index contributed by atoms with van der Waals surface area (Å²) >= 11 is 5.82. The average Bonchev–Trinajstić information content (AvgIpc) is 2.70. The van der Waals surface area contributed by atoms with Gasteiger partial charge in [0.05, 0.1) is 5.56 Å². The fourth-order valence-electron chi connectivity index (χ4n) is 1.45. The molecule has 5 heteroatoms. The highest BCUT2D eigenvalue weighted by atomic mass is 35.5. The molecule has 0 saturated heterocycles. The summed E-state index contributed by atoms with van der Waals surface area (Å²) in [7, 11) is 1.78. The van der Waals surface area contributed by atoms with Crippen LogP contribution < -0.4 is 5.32 Å². The highest BCUT2D eigenvalue weighted by Gasteiger charge is 2.14. The summed E-state index contributed by atoms with van der Waals surface area (Å²) in [6.45, 7) is 0.512. The molecule has 0 bridgehead atoms. The van der Waals surface area contributed by atoms with E-state index in [0.29, 0.717) is 28.6 Å². The number of rotatable bonds is 3. The van der Waals surface area contributed by atoms with Gasteiger partial charge in [-0.05, 0) is 25.2 Å². The van der Waals surface area contributed by atoms with Crippen LogP contribution in [-0.2, 0) is 6.54 Å². The van der Waals surface area contributed by atoms with Crippen molar-refractivity contribution in [3.05, 3.63) is 41.1 Å². The lowest BCUT2D eigenvalue weighted by molar-refractivity contribution is 0.559. The van der Waals surface area contributed by atoms with Crippen molar-refractivity contribution in [1.82, 2.24) is 10.3 Å². The Morgan fingerprint density at radius 3 is 3.06 bits per heavy atom. The number of halogens is 2. The molecule has 0 aliphatic carbocycles. The fraction of sp³-hybridized carbons (Fsp3) is 0.182. The second-order valence-electron chi connectivity index (χ2n) is 3.28. The molecule has 16 heavy (non-hydrogen) atoms. The number of benzene rings is 1. The zero-order valence-electron chi connectivity index (χ0n) is 8.63. The minimum atomic E-state index is -0.376. The normalized spacial score (nSPS) is 10.7. The molecule has 2 rings (SSSR count). The standard InChI is InChI=1S/C11H10ClFN2O/c1-14-5-10-11(16-6-15-10)8-4-7(12)2-3-9(8)13/h2-4,6,14H,5H2,1H3. The average molecular weight is 241 g/mol. The molecule has 84 valence electrons. The Labute approximate surface area is 97.3 Å². The maximum atomic E-state index is 13.6. The Bertz CT molecular complexity index is 498. The third-order valence-electron chi connectivity index (χ3n) is 2.16. The van der Waals surface area contributed by atoms with E-state index in [1.807, 2.05) is 0 Å². The lowest BCUT2D eigenvalue weighted by Crippen LogP contribution is -2.06. The Kier molecular flexibility index (Phi) is 3.22. The van der Waals surface area contributed by atoms with Gasteiger partial charge in [-0.3, -0.25) is 0 Å². The largest absolute Gasteiger partial charge is 0.443 e. The molecule has 0 saturated carbocycles. The molecular weight excluding hydrogens is 231 g/mol. The lowest BCUT2D eigenvalue weighted by Gasteiger charge is -2.02. The van der Waals surface area contributed by atoms with Crippen molar-refractivity contribution >= 4 is 11.6 Å². The molecule has 0 spiro atoms. The number of oxazole rings is 1. The summed E-state index contributed by atoms with van der Waals surface area (Å²) in [5.74, 6) is 0.0350. The first-order chi connectivity index (χ1) is 7.72. The van der Waals surface area contributed by atoms with Gasteiger partial charge in [0.25, 0.3) is 0 Å². The van der Waals surface area contributed by atoms with Crippen LogP contribution in [0.1, 0.15) is 5.69 Å². The summed E-state index contributed by atoms with van der Waals surface area (Å²) in [5, 5.41) is 3.40. The summed E-state index contributed by atoms with van der Waals surface area (Å²) in [5.41, 5.74) is 0.985. The number of hydrogen-bond acceptors (Lipinski definition) is 3. The number of nitrogens with one attached hydrogen (secondary N) is 1. The number of hydrogen-bond donors (Lipinski definition) is 1. The predicted octanol–water partition coefficient (Wildman–Crippen LogP) is 2.85. The Morgan fingerprint density at radius 2 is 2.31 bits per heavy atom. The van der Waals surface area contributed by atoms with Crippen molar-refractivity contribution < 1.29 is 8.81 Å². The summed E-state index contributed by atoms with van der Waals surface area (Å²) in [6.07, 6.45) is 1.29. The van der Waals surface area contributed by atoms with E-state index in [9.17, 15) is 4.39 Å². The molecule has 1 aromatic heterocycles. The van der Waals surface area contributed by atoms with E-state index < -0.39 is 0 Å². The number of aromatic nitrogens is 1. The molecule has 0 unspecified atom stereocenters. The van der Waals surface area contributed by atoms with Crippen molar-refractivity contribution in [3.8, 4) is 11.3 Å². The van der Waals surface area contributed by atoms with Crippen molar-refractivity contribution in [2.45, 2.75) is 6.54 Å². The van der Waals surface area contributed by atoms with Gasteiger partial charge in [0.15, 0.2) is 12.2 Å².